The molecule has 0 unspecified atom stereocenters. The van der Waals surface area contributed by atoms with Crippen molar-refractivity contribution in [1.82, 2.24) is 10.2 Å². The molecule has 4 aromatic carbocycles. The van der Waals surface area contributed by atoms with E-state index in [0.717, 1.165) is 36.0 Å². The van der Waals surface area contributed by atoms with Gasteiger partial charge in [0.15, 0.2) is 6.29 Å². The summed E-state index contributed by atoms with van der Waals surface area (Å²) in [4.78, 5) is 26.0. The zero-order valence-corrected chi connectivity index (χ0v) is 27.7. The minimum absolute atomic E-state index is 0.00674. The summed E-state index contributed by atoms with van der Waals surface area (Å²) in [6, 6.07) is 30.8. The highest BCUT2D eigenvalue weighted by atomic mass is 16.7. The molecule has 0 spiro atoms. The molecule has 3 N–H and O–H groups in total. The average Bonchev–Trinajstić information content (AvgIpc) is 3.09. The van der Waals surface area contributed by atoms with Gasteiger partial charge in [0, 0.05) is 50.1 Å². The minimum atomic E-state index is -0.619. The first kappa shape index (κ1) is 34.3. The number of amides is 2. The number of fused-ring (bicyclic) bond motifs is 1. The molecule has 2 amide bonds. The summed E-state index contributed by atoms with van der Waals surface area (Å²) in [6.45, 7) is 5.06. The molecular formula is C39H47N3O5. The van der Waals surface area contributed by atoms with Crippen molar-refractivity contribution in [2.24, 2.45) is 0 Å². The Morgan fingerprint density at radius 1 is 0.894 bits per heavy atom. The standard InChI is InChI=1S/C39H47N3O5/c1-27(32-20-19-30-10-6-7-11-33(30)22-32)42(3)25-36-24-37(31-17-15-29(26-43)16-18-31)47-39(46-36)34-12-9-13-35(23-34)41-38(45)14-5-4-8-21-40-28(2)44/h6-7,9-13,15-20,22-23,27,36-37,39,43H,4-5,8,14,21,24-26H2,1-3H3,(H,40,44)(H,41,45)/t27-,36-,37+,39+/m1/s1. The Bertz CT molecular complexity index is 1620. The second-order valence-electron chi connectivity index (χ2n) is 12.5. The van der Waals surface area contributed by atoms with E-state index >= 15 is 0 Å². The molecule has 1 fully saturated rings. The van der Waals surface area contributed by atoms with Crippen molar-refractivity contribution in [1.29, 1.82) is 0 Å². The van der Waals surface area contributed by atoms with Gasteiger partial charge in [0.25, 0.3) is 0 Å². The quantitative estimate of drug-likeness (QED) is 0.126. The van der Waals surface area contributed by atoms with E-state index in [-0.39, 0.29) is 36.7 Å². The van der Waals surface area contributed by atoms with Crippen LogP contribution in [-0.4, -0.2) is 48.1 Å². The zero-order chi connectivity index (χ0) is 33.2. The molecule has 0 saturated carbocycles. The Hall–Kier alpha value is -4.08. The van der Waals surface area contributed by atoms with Gasteiger partial charge in [0.2, 0.25) is 11.8 Å². The van der Waals surface area contributed by atoms with Gasteiger partial charge >= 0.3 is 0 Å². The zero-order valence-electron chi connectivity index (χ0n) is 27.7. The number of nitrogens with one attached hydrogen (secondary N) is 2. The Balaban J connectivity index is 1.27. The lowest BCUT2D eigenvalue weighted by Crippen LogP contribution is -2.38. The van der Waals surface area contributed by atoms with Crippen LogP contribution in [0.2, 0.25) is 0 Å². The molecule has 0 radical (unpaired) electrons. The Labute approximate surface area is 278 Å². The summed E-state index contributed by atoms with van der Waals surface area (Å²) >= 11 is 0. The van der Waals surface area contributed by atoms with Gasteiger partial charge in [0.1, 0.15) is 0 Å². The maximum absolute atomic E-state index is 12.7. The molecule has 5 rings (SSSR count). The van der Waals surface area contributed by atoms with Gasteiger partial charge in [-0.05, 0) is 72.5 Å². The molecule has 248 valence electrons. The molecule has 0 aromatic heterocycles. The van der Waals surface area contributed by atoms with Crippen LogP contribution in [0.25, 0.3) is 10.8 Å². The topological polar surface area (TPSA) is 100 Å². The highest BCUT2D eigenvalue weighted by molar-refractivity contribution is 5.90. The van der Waals surface area contributed by atoms with Crippen molar-refractivity contribution >= 4 is 28.3 Å². The molecule has 1 heterocycles. The fourth-order valence-electron chi connectivity index (χ4n) is 6.07. The monoisotopic (exact) mass is 637 g/mol. The van der Waals surface area contributed by atoms with E-state index < -0.39 is 6.29 Å². The van der Waals surface area contributed by atoms with E-state index in [0.29, 0.717) is 31.6 Å². The number of nitrogens with zero attached hydrogens (tertiary/aromatic N) is 1. The van der Waals surface area contributed by atoms with E-state index in [1.54, 1.807) is 0 Å². The van der Waals surface area contributed by atoms with Crippen LogP contribution in [0.1, 0.15) is 86.6 Å². The third-order valence-electron chi connectivity index (χ3n) is 8.92. The first-order valence-electron chi connectivity index (χ1n) is 16.6. The van der Waals surface area contributed by atoms with Crippen molar-refractivity contribution in [3.63, 3.8) is 0 Å². The Kier molecular flexibility index (Phi) is 12.1. The van der Waals surface area contributed by atoms with Gasteiger partial charge in [-0.2, -0.15) is 0 Å². The number of benzene rings is 4. The van der Waals surface area contributed by atoms with Crippen LogP contribution >= 0.6 is 0 Å². The summed E-state index contributed by atoms with van der Waals surface area (Å²) in [5.41, 5.74) is 4.68. The SMILES string of the molecule is CC(=O)NCCCCCC(=O)Nc1cccc([C@H]2O[C@@H](CN(C)[C@H](C)c3ccc4ccccc4c3)C[C@@H](c3ccc(CO)cc3)O2)c1. The van der Waals surface area contributed by atoms with Crippen LogP contribution in [0.3, 0.4) is 0 Å². The minimum Gasteiger partial charge on any atom is -0.392 e. The summed E-state index contributed by atoms with van der Waals surface area (Å²) in [6.07, 6.45) is 2.63. The van der Waals surface area contributed by atoms with Gasteiger partial charge in [-0.15, -0.1) is 0 Å². The van der Waals surface area contributed by atoms with Gasteiger partial charge in [-0.3, -0.25) is 14.5 Å². The van der Waals surface area contributed by atoms with Gasteiger partial charge in [-0.25, -0.2) is 0 Å². The van der Waals surface area contributed by atoms with E-state index in [4.69, 9.17) is 9.47 Å². The predicted octanol–water partition coefficient (Wildman–Crippen LogP) is 7.21. The number of hydrogen-bond acceptors (Lipinski definition) is 6. The number of aliphatic hydroxyl groups excluding tert-OH is 1. The lowest BCUT2D eigenvalue weighted by atomic mass is 9.98. The molecule has 1 saturated heterocycles. The van der Waals surface area contributed by atoms with E-state index in [2.05, 4.69) is 72.0 Å². The number of rotatable bonds is 14. The molecule has 1 aliphatic rings. The second-order valence-corrected chi connectivity index (χ2v) is 12.5. The Morgan fingerprint density at radius 2 is 1.68 bits per heavy atom. The number of aliphatic hydroxyl groups is 1. The summed E-state index contributed by atoms with van der Waals surface area (Å²) in [7, 11) is 2.13. The predicted molar refractivity (Wildman–Crippen MR) is 186 cm³/mol. The number of unbranched alkanes of at least 4 members (excludes halogenated alkanes) is 2. The van der Waals surface area contributed by atoms with E-state index in [9.17, 15) is 14.7 Å². The van der Waals surface area contributed by atoms with Crippen molar-refractivity contribution in [2.75, 3.05) is 25.5 Å². The fourth-order valence-corrected chi connectivity index (χ4v) is 6.07. The van der Waals surface area contributed by atoms with Crippen molar-refractivity contribution in [3.05, 3.63) is 113 Å². The lowest BCUT2D eigenvalue weighted by Gasteiger charge is -2.39. The molecule has 4 aromatic rings. The highest BCUT2D eigenvalue weighted by Gasteiger charge is 2.33. The normalized spacial score (nSPS) is 18.6. The van der Waals surface area contributed by atoms with Gasteiger partial charge < -0.3 is 25.2 Å². The number of likely N-dealkylation sites (N-methyl/N-ethyl adjacent to an activating group) is 1. The first-order valence-corrected chi connectivity index (χ1v) is 16.6. The first-order chi connectivity index (χ1) is 22.8. The van der Waals surface area contributed by atoms with Crippen LogP contribution in [0.15, 0.2) is 91.0 Å². The van der Waals surface area contributed by atoms with E-state index in [1.807, 2.05) is 48.5 Å². The number of carbonyl (C=O) groups is 2. The number of ether oxygens (including phenoxy) is 2. The number of carbonyl (C=O) groups excluding carboxylic acids is 2. The number of hydrogen-bond donors (Lipinski definition) is 3. The third-order valence-corrected chi connectivity index (χ3v) is 8.92. The van der Waals surface area contributed by atoms with Crippen LogP contribution in [0.5, 0.6) is 0 Å². The molecule has 8 nitrogen and oxygen atoms in total. The van der Waals surface area contributed by atoms with Gasteiger partial charge in [0.05, 0.1) is 18.8 Å². The van der Waals surface area contributed by atoms with Crippen LogP contribution in [-0.2, 0) is 25.7 Å². The molecule has 0 aliphatic carbocycles. The average molecular weight is 638 g/mol. The molecule has 8 heteroatoms. The van der Waals surface area contributed by atoms with Crippen LogP contribution < -0.4 is 10.6 Å². The molecule has 1 aliphatic heterocycles. The lowest BCUT2D eigenvalue weighted by molar-refractivity contribution is -0.253. The highest BCUT2D eigenvalue weighted by Crippen LogP contribution is 2.39. The summed E-state index contributed by atoms with van der Waals surface area (Å²) in [5.74, 6) is -0.0791. The fraction of sp³-hybridized carbons (Fsp3) is 0.385. The maximum Gasteiger partial charge on any atom is 0.224 e. The smallest absolute Gasteiger partial charge is 0.224 e. The third kappa shape index (κ3) is 9.72. The second kappa shape index (κ2) is 16.7. The largest absolute Gasteiger partial charge is 0.392 e. The van der Waals surface area contributed by atoms with Crippen LogP contribution in [0, 0.1) is 0 Å². The maximum atomic E-state index is 12.7. The molecular weight excluding hydrogens is 590 g/mol. The van der Waals surface area contributed by atoms with Crippen LogP contribution in [0.4, 0.5) is 5.69 Å². The Morgan fingerprint density at radius 3 is 2.45 bits per heavy atom. The summed E-state index contributed by atoms with van der Waals surface area (Å²) in [5, 5.41) is 17.8. The van der Waals surface area contributed by atoms with Gasteiger partial charge in [-0.1, -0.05) is 79.2 Å². The van der Waals surface area contributed by atoms with Crippen molar-refractivity contribution in [2.45, 2.75) is 77.1 Å². The van der Waals surface area contributed by atoms with Crippen molar-refractivity contribution < 1.29 is 24.2 Å². The van der Waals surface area contributed by atoms with Crippen molar-refractivity contribution in [3.8, 4) is 0 Å². The summed E-state index contributed by atoms with van der Waals surface area (Å²) < 4.78 is 13.2. The number of anilines is 1. The molecule has 4 atom stereocenters. The van der Waals surface area contributed by atoms with E-state index in [1.165, 1.54) is 23.3 Å². The molecule has 47 heavy (non-hydrogen) atoms. The molecule has 0 bridgehead atoms.